The van der Waals surface area contributed by atoms with Crippen molar-refractivity contribution in [2.75, 3.05) is 0 Å². The zero-order valence-electron chi connectivity index (χ0n) is 10.8. The van der Waals surface area contributed by atoms with Crippen molar-refractivity contribution in [2.24, 2.45) is 11.7 Å². The first-order valence-electron chi connectivity index (χ1n) is 6.95. The Morgan fingerprint density at radius 2 is 2.16 bits per heavy atom. The molecule has 19 heavy (non-hydrogen) atoms. The molecule has 3 N–H and O–H groups in total. The molecule has 0 bridgehead atoms. The summed E-state index contributed by atoms with van der Waals surface area (Å²) in [6.07, 6.45) is 3.54. The summed E-state index contributed by atoms with van der Waals surface area (Å²) in [5, 5.41) is 3.07. The summed E-state index contributed by atoms with van der Waals surface area (Å²) in [4.78, 5) is 12.0. The van der Waals surface area contributed by atoms with Crippen LogP contribution >= 0.6 is 0 Å². The van der Waals surface area contributed by atoms with Crippen molar-refractivity contribution in [3.63, 3.8) is 0 Å². The molecule has 0 aromatic heterocycles. The molecule has 3 nitrogen and oxygen atoms in total. The lowest BCUT2D eigenvalue weighted by atomic mass is 10.1. The molecule has 1 aromatic carbocycles. The fourth-order valence-electron chi connectivity index (χ4n) is 3.02. The molecule has 4 heteroatoms. The summed E-state index contributed by atoms with van der Waals surface area (Å²) in [5.41, 5.74) is 6.80. The van der Waals surface area contributed by atoms with Gasteiger partial charge in [-0.1, -0.05) is 12.1 Å². The quantitative estimate of drug-likeness (QED) is 0.874. The summed E-state index contributed by atoms with van der Waals surface area (Å²) in [7, 11) is 0. The molecule has 2 aliphatic carbocycles. The molecule has 102 valence electrons. The normalized spacial score (nSPS) is 33.2. The topological polar surface area (TPSA) is 55.1 Å². The van der Waals surface area contributed by atoms with E-state index < -0.39 is 0 Å². The molecular formula is C15H19FN2O. The van der Waals surface area contributed by atoms with E-state index in [0.717, 1.165) is 31.2 Å². The predicted octanol–water partition coefficient (Wildman–Crippen LogP) is 1.93. The van der Waals surface area contributed by atoms with E-state index in [4.69, 9.17) is 5.73 Å². The minimum atomic E-state index is -0.212. The van der Waals surface area contributed by atoms with Crippen LogP contribution in [-0.2, 0) is 4.79 Å². The van der Waals surface area contributed by atoms with Gasteiger partial charge in [-0.05, 0) is 43.4 Å². The van der Waals surface area contributed by atoms with Gasteiger partial charge in [0.15, 0.2) is 0 Å². The number of carbonyl (C=O) groups excluding carboxylic acids is 1. The Labute approximate surface area is 112 Å². The van der Waals surface area contributed by atoms with Gasteiger partial charge in [0.1, 0.15) is 5.82 Å². The number of rotatable bonds is 3. The minimum Gasteiger partial charge on any atom is -0.352 e. The van der Waals surface area contributed by atoms with Gasteiger partial charge in [-0.25, -0.2) is 4.39 Å². The second-order valence-corrected chi connectivity index (χ2v) is 5.78. The van der Waals surface area contributed by atoms with Gasteiger partial charge in [-0.15, -0.1) is 0 Å². The number of amides is 1. The number of nitrogens with one attached hydrogen (secondary N) is 1. The molecule has 2 aliphatic rings. The van der Waals surface area contributed by atoms with Crippen molar-refractivity contribution < 1.29 is 9.18 Å². The van der Waals surface area contributed by atoms with Crippen LogP contribution < -0.4 is 11.1 Å². The van der Waals surface area contributed by atoms with E-state index in [2.05, 4.69) is 5.32 Å². The number of halogens is 1. The highest BCUT2D eigenvalue weighted by atomic mass is 19.1. The van der Waals surface area contributed by atoms with Crippen LogP contribution in [0.1, 0.15) is 37.2 Å². The van der Waals surface area contributed by atoms with Crippen LogP contribution in [0.5, 0.6) is 0 Å². The first-order chi connectivity index (χ1) is 9.13. The Morgan fingerprint density at radius 1 is 1.32 bits per heavy atom. The lowest BCUT2D eigenvalue weighted by molar-refractivity contribution is -0.125. The molecular weight excluding hydrogens is 243 g/mol. The highest BCUT2D eigenvalue weighted by molar-refractivity contribution is 5.79. The number of benzene rings is 1. The Morgan fingerprint density at radius 3 is 2.84 bits per heavy atom. The zero-order chi connectivity index (χ0) is 13.4. The maximum atomic E-state index is 13.1. The van der Waals surface area contributed by atoms with Crippen molar-refractivity contribution in [3.8, 4) is 0 Å². The molecule has 0 heterocycles. The predicted molar refractivity (Wildman–Crippen MR) is 71.0 cm³/mol. The molecule has 2 saturated carbocycles. The highest BCUT2D eigenvalue weighted by Gasteiger charge is 2.41. The third-order valence-corrected chi connectivity index (χ3v) is 4.24. The van der Waals surface area contributed by atoms with Gasteiger partial charge < -0.3 is 11.1 Å². The lowest BCUT2D eigenvalue weighted by Gasteiger charge is -2.10. The largest absolute Gasteiger partial charge is 0.352 e. The van der Waals surface area contributed by atoms with E-state index in [1.807, 2.05) is 6.07 Å². The van der Waals surface area contributed by atoms with Gasteiger partial charge in [0.05, 0.1) is 0 Å². The first kappa shape index (κ1) is 12.6. The van der Waals surface area contributed by atoms with Crippen LogP contribution in [-0.4, -0.2) is 18.0 Å². The molecule has 4 unspecified atom stereocenters. The SMILES string of the molecule is NC1CCC(C(=O)NC2CC2c2cccc(F)c2)C1. The van der Waals surface area contributed by atoms with Crippen LogP contribution in [0.25, 0.3) is 0 Å². The molecule has 3 rings (SSSR count). The van der Waals surface area contributed by atoms with Gasteiger partial charge in [0, 0.05) is 23.9 Å². The number of carbonyl (C=O) groups is 1. The summed E-state index contributed by atoms with van der Waals surface area (Å²) < 4.78 is 13.1. The van der Waals surface area contributed by atoms with Crippen LogP contribution in [0.2, 0.25) is 0 Å². The van der Waals surface area contributed by atoms with Crippen LogP contribution in [0.3, 0.4) is 0 Å². The monoisotopic (exact) mass is 262 g/mol. The van der Waals surface area contributed by atoms with E-state index in [1.54, 1.807) is 12.1 Å². The van der Waals surface area contributed by atoms with Gasteiger partial charge in [-0.2, -0.15) is 0 Å². The van der Waals surface area contributed by atoms with Crippen molar-refractivity contribution in [2.45, 2.75) is 43.7 Å². The van der Waals surface area contributed by atoms with Gasteiger partial charge >= 0.3 is 0 Å². The second-order valence-electron chi connectivity index (χ2n) is 5.78. The molecule has 1 aromatic rings. The third kappa shape index (κ3) is 2.78. The Kier molecular flexibility index (Phi) is 3.27. The Bertz CT molecular complexity index is 491. The Balaban J connectivity index is 1.54. The second kappa shape index (κ2) is 4.93. The Hall–Kier alpha value is -1.42. The molecule has 4 atom stereocenters. The molecule has 0 aliphatic heterocycles. The summed E-state index contributed by atoms with van der Waals surface area (Å²) in [5.74, 6) is 0.256. The molecule has 0 spiro atoms. The average molecular weight is 262 g/mol. The fraction of sp³-hybridized carbons (Fsp3) is 0.533. The summed E-state index contributed by atoms with van der Waals surface area (Å²) >= 11 is 0. The minimum absolute atomic E-state index is 0.0729. The van der Waals surface area contributed by atoms with Crippen molar-refractivity contribution in [3.05, 3.63) is 35.6 Å². The van der Waals surface area contributed by atoms with Gasteiger partial charge in [0.2, 0.25) is 5.91 Å². The summed E-state index contributed by atoms with van der Waals surface area (Å²) in [6, 6.07) is 6.99. The van der Waals surface area contributed by atoms with E-state index in [9.17, 15) is 9.18 Å². The highest BCUT2D eigenvalue weighted by Crippen LogP contribution is 2.41. The number of hydrogen-bond acceptors (Lipinski definition) is 2. The van der Waals surface area contributed by atoms with Crippen molar-refractivity contribution >= 4 is 5.91 Å². The lowest BCUT2D eigenvalue weighted by Crippen LogP contribution is -2.32. The summed E-state index contributed by atoms with van der Waals surface area (Å²) in [6.45, 7) is 0. The first-order valence-corrected chi connectivity index (χ1v) is 6.95. The molecule has 1 amide bonds. The van der Waals surface area contributed by atoms with Crippen LogP contribution in [0, 0.1) is 11.7 Å². The van der Waals surface area contributed by atoms with E-state index >= 15 is 0 Å². The van der Waals surface area contributed by atoms with E-state index in [-0.39, 0.29) is 35.6 Å². The molecule has 0 saturated heterocycles. The van der Waals surface area contributed by atoms with Crippen molar-refractivity contribution in [1.82, 2.24) is 5.32 Å². The smallest absolute Gasteiger partial charge is 0.223 e. The van der Waals surface area contributed by atoms with Crippen molar-refractivity contribution in [1.29, 1.82) is 0 Å². The number of nitrogens with two attached hydrogens (primary N) is 1. The molecule has 0 radical (unpaired) electrons. The third-order valence-electron chi connectivity index (χ3n) is 4.24. The maximum absolute atomic E-state index is 13.1. The van der Waals surface area contributed by atoms with E-state index in [0.29, 0.717) is 0 Å². The fourth-order valence-corrected chi connectivity index (χ4v) is 3.02. The van der Waals surface area contributed by atoms with E-state index in [1.165, 1.54) is 6.07 Å². The number of hydrogen-bond donors (Lipinski definition) is 2. The van der Waals surface area contributed by atoms with Gasteiger partial charge in [0.25, 0.3) is 0 Å². The standard InChI is InChI=1S/C15H19FN2O/c16-11-3-1-2-9(6-11)13-8-14(13)18-15(19)10-4-5-12(17)7-10/h1-3,6,10,12-14H,4-5,7-8,17H2,(H,18,19). The van der Waals surface area contributed by atoms with Crippen LogP contribution in [0.15, 0.2) is 24.3 Å². The van der Waals surface area contributed by atoms with Gasteiger partial charge in [-0.3, -0.25) is 4.79 Å². The molecule has 2 fully saturated rings. The average Bonchev–Trinajstić information content (AvgIpc) is 3.00. The maximum Gasteiger partial charge on any atom is 0.223 e. The van der Waals surface area contributed by atoms with Crippen LogP contribution in [0.4, 0.5) is 4.39 Å². The zero-order valence-corrected chi connectivity index (χ0v) is 10.8.